The number of benzene rings is 1. The van der Waals surface area contributed by atoms with Gasteiger partial charge in [-0.25, -0.2) is 0 Å². The van der Waals surface area contributed by atoms with Crippen LogP contribution < -0.4 is 5.32 Å². The molecule has 3 heteroatoms. The van der Waals surface area contributed by atoms with E-state index < -0.39 is 6.10 Å². The zero-order valence-corrected chi connectivity index (χ0v) is 11.3. The molecule has 1 amide bonds. The number of aliphatic hydroxyl groups excluding tert-OH is 1. The number of carbonyl (C=O) groups excluding carboxylic acids is 1. The lowest BCUT2D eigenvalue weighted by Gasteiger charge is -2.12. The highest BCUT2D eigenvalue weighted by Gasteiger charge is 2.09. The summed E-state index contributed by atoms with van der Waals surface area (Å²) >= 11 is 0. The normalized spacial score (nSPS) is 12.2. The summed E-state index contributed by atoms with van der Waals surface area (Å²) in [5.41, 5.74) is 1.48. The Morgan fingerprint density at radius 2 is 2.00 bits per heavy atom. The minimum atomic E-state index is -0.568. The highest BCUT2D eigenvalue weighted by atomic mass is 16.3. The first-order chi connectivity index (χ1) is 8.65. The quantitative estimate of drug-likeness (QED) is 0.725. The number of anilines is 1. The molecule has 1 atom stereocenters. The molecule has 0 aromatic heterocycles. The van der Waals surface area contributed by atoms with Crippen LogP contribution in [0.4, 0.5) is 5.69 Å². The smallest absolute Gasteiger partial charge is 0.224 e. The summed E-state index contributed by atoms with van der Waals surface area (Å²) < 4.78 is 0. The molecule has 1 aromatic carbocycles. The van der Waals surface area contributed by atoms with Gasteiger partial charge in [-0.15, -0.1) is 0 Å². The number of amides is 1. The fraction of sp³-hybridized carbons (Fsp3) is 0.533. The first kappa shape index (κ1) is 14.7. The highest BCUT2D eigenvalue weighted by Crippen LogP contribution is 2.22. The van der Waals surface area contributed by atoms with Crippen LogP contribution in [0.3, 0.4) is 0 Å². The van der Waals surface area contributed by atoms with Crippen LogP contribution in [0, 0.1) is 0 Å². The molecule has 0 bridgehead atoms. The van der Waals surface area contributed by atoms with Crippen molar-refractivity contribution < 1.29 is 9.90 Å². The molecule has 0 saturated heterocycles. The molecule has 0 saturated carbocycles. The maximum atomic E-state index is 11.8. The maximum Gasteiger partial charge on any atom is 0.224 e. The predicted molar refractivity (Wildman–Crippen MR) is 74.5 cm³/mol. The van der Waals surface area contributed by atoms with Crippen LogP contribution >= 0.6 is 0 Å². The Balaban J connectivity index is 2.49. The third kappa shape index (κ3) is 4.88. The number of rotatable bonds is 7. The summed E-state index contributed by atoms with van der Waals surface area (Å²) in [5, 5.41) is 12.5. The molecular formula is C15H23NO2. The van der Waals surface area contributed by atoms with Crippen molar-refractivity contribution in [1.82, 2.24) is 0 Å². The van der Waals surface area contributed by atoms with Crippen LogP contribution in [0.25, 0.3) is 0 Å². The molecule has 3 nitrogen and oxygen atoms in total. The lowest BCUT2D eigenvalue weighted by Crippen LogP contribution is -2.13. The molecular weight excluding hydrogens is 226 g/mol. The Hall–Kier alpha value is -1.35. The van der Waals surface area contributed by atoms with Gasteiger partial charge < -0.3 is 10.4 Å². The lowest BCUT2D eigenvalue weighted by molar-refractivity contribution is -0.116. The molecule has 1 rings (SSSR count). The largest absolute Gasteiger partial charge is 0.389 e. The number of hydrogen-bond acceptors (Lipinski definition) is 2. The van der Waals surface area contributed by atoms with E-state index in [-0.39, 0.29) is 5.91 Å². The van der Waals surface area contributed by atoms with Crippen molar-refractivity contribution in [2.75, 3.05) is 5.32 Å². The van der Waals surface area contributed by atoms with Crippen molar-refractivity contribution in [3.8, 4) is 0 Å². The summed E-state index contributed by atoms with van der Waals surface area (Å²) in [7, 11) is 0. The second kappa shape index (κ2) is 7.88. The van der Waals surface area contributed by atoms with Gasteiger partial charge in [0, 0.05) is 17.7 Å². The summed E-state index contributed by atoms with van der Waals surface area (Å²) in [6.45, 7) is 3.85. The van der Waals surface area contributed by atoms with Gasteiger partial charge in [-0.3, -0.25) is 4.79 Å². The SMILES string of the molecule is CCCCCCC(=O)Nc1ccccc1C(C)O. The van der Waals surface area contributed by atoms with Crippen molar-refractivity contribution in [1.29, 1.82) is 0 Å². The van der Waals surface area contributed by atoms with Gasteiger partial charge in [0.2, 0.25) is 5.91 Å². The molecule has 1 aromatic rings. The van der Waals surface area contributed by atoms with E-state index in [1.165, 1.54) is 12.8 Å². The number of para-hydroxylation sites is 1. The van der Waals surface area contributed by atoms with Gasteiger partial charge in [-0.1, -0.05) is 44.4 Å². The number of hydrogen-bond donors (Lipinski definition) is 2. The van der Waals surface area contributed by atoms with Gasteiger partial charge in [0.05, 0.1) is 6.10 Å². The Kier molecular flexibility index (Phi) is 6.44. The molecule has 2 N–H and O–H groups in total. The predicted octanol–water partition coefficient (Wildman–Crippen LogP) is 3.65. The van der Waals surface area contributed by atoms with Crippen LogP contribution in [-0.2, 0) is 4.79 Å². The van der Waals surface area contributed by atoms with E-state index in [1.54, 1.807) is 6.92 Å². The van der Waals surface area contributed by atoms with Crippen molar-refractivity contribution in [3.63, 3.8) is 0 Å². The van der Waals surface area contributed by atoms with Gasteiger partial charge in [-0.05, 0) is 19.4 Å². The highest BCUT2D eigenvalue weighted by molar-refractivity contribution is 5.91. The van der Waals surface area contributed by atoms with Crippen molar-refractivity contribution in [2.45, 2.75) is 52.1 Å². The van der Waals surface area contributed by atoms with Gasteiger partial charge >= 0.3 is 0 Å². The zero-order valence-electron chi connectivity index (χ0n) is 11.3. The average Bonchev–Trinajstić information content (AvgIpc) is 2.35. The van der Waals surface area contributed by atoms with E-state index in [9.17, 15) is 9.90 Å². The van der Waals surface area contributed by atoms with Gasteiger partial charge in [0.15, 0.2) is 0 Å². The molecule has 1 unspecified atom stereocenters. The minimum Gasteiger partial charge on any atom is -0.389 e. The number of nitrogens with one attached hydrogen (secondary N) is 1. The molecule has 0 heterocycles. The number of carbonyl (C=O) groups is 1. The van der Waals surface area contributed by atoms with E-state index in [4.69, 9.17) is 0 Å². The second-order valence-electron chi connectivity index (χ2n) is 4.62. The lowest BCUT2D eigenvalue weighted by atomic mass is 10.1. The number of aliphatic hydroxyl groups is 1. The third-order valence-corrected chi connectivity index (χ3v) is 2.94. The first-order valence-electron chi connectivity index (χ1n) is 6.72. The fourth-order valence-electron chi connectivity index (χ4n) is 1.90. The van der Waals surface area contributed by atoms with Crippen LogP contribution in [0.5, 0.6) is 0 Å². The molecule has 0 fully saturated rings. The Morgan fingerprint density at radius 1 is 1.28 bits per heavy atom. The van der Waals surface area contributed by atoms with Crippen LogP contribution in [0.15, 0.2) is 24.3 Å². The molecule has 0 spiro atoms. The molecule has 18 heavy (non-hydrogen) atoms. The first-order valence-corrected chi connectivity index (χ1v) is 6.72. The fourth-order valence-corrected chi connectivity index (χ4v) is 1.90. The molecule has 0 radical (unpaired) electrons. The third-order valence-electron chi connectivity index (χ3n) is 2.94. The maximum absolute atomic E-state index is 11.8. The molecule has 0 aliphatic heterocycles. The monoisotopic (exact) mass is 249 g/mol. The van der Waals surface area contributed by atoms with Crippen molar-refractivity contribution in [3.05, 3.63) is 29.8 Å². The molecule has 100 valence electrons. The van der Waals surface area contributed by atoms with Gasteiger partial charge in [0.1, 0.15) is 0 Å². The van der Waals surface area contributed by atoms with Crippen LogP contribution in [-0.4, -0.2) is 11.0 Å². The minimum absolute atomic E-state index is 0.0270. The van der Waals surface area contributed by atoms with Crippen molar-refractivity contribution >= 4 is 11.6 Å². The average molecular weight is 249 g/mol. The van der Waals surface area contributed by atoms with E-state index in [2.05, 4.69) is 12.2 Å². The summed E-state index contributed by atoms with van der Waals surface area (Å²) in [6, 6.07) is 7.38. The molecule has 0 aliphatic carbocycles. The number of unbranched alkanes of at least 4 members (excludes halogenated alkanes) is 3. The summed E-state index contributed by atoms with van der Waals surface area (Å²) in [6.07, 6.45) is 4.36. The van der Waals surface area contributed by atoms with E-state index in [0.29, 0.717) is 12.1 Å². The van der Waals surface area contributed by atoms with Crippen molar-refractivity contribution in [2.24, 2.45) is 0 Å². The topological polar surface area (TPSA) is 49.3 Å². The Labute approximate surface area is 109 Å². The summed E-state index contributed by atoms with van der Waals surface area (Å²) in [4.78, 5) is 11.8. The standard InChI is InChI=1S/C15H23NO2/c1-3-4-5-6-11-15(18)16-14-10-8-7-9-13(14)12(2)17/h7-10,12,17H,3-6,11H2,1-2H3,(H,16,18). The van der Waals surface area contributed by atoms with E-state index in [1.807, 2.05) is 24.3 Å². The van der Waals surface area contributed by atoms with E-state index >= 15 is 0 Å². The van der Waals surface area contributed by atoms with Crippen LogP contribution in [0.1, 0.15) is 57.6 Å². The Morgan fingerprint density at radius 3 is 2.67 bits per heavy atom. The van der Waals surface area contributed by atoms with Gasteiger partial charge in [-0.2, -0.15) is 0 Å². The Bertz CT molecular complexity index is 375. The van der Waals surface area contributed by atoms with Gasteiger partial charge in [0.25, 0.3) is 0 Å². The zero-order chi connectivity index (χ0) is 13.4. The second-order valence-corrected chi connectivity index (χ2v) is 4.62. The van der Waals surface area contributed by atoms with Crippen LogP contribution in [0.2, 0.25) is 0 Å². The van der Waals surface area contributed by atoms with E-state index in [0.717, 1.165) is 18.4 Å². The summed E-state index contributed by atoms with van der Waals surface area (Å²) in [5.74, 6) is 0.0270. The molecule has 0 aliphatic rings.